The fraction of sp³-hybridized carbons (Fsp3) is 0.409. The van der Waals surface area contributed by atoms with Gasteiger partial charge in [0.2, 0.25) is 5.91 Å². The molecule has 4 heterocycles. The number of hydrogen-bond acceptors (Lipinski definition) is 4. The fourth-order valence-electron chi connectivity index (χ4n) is 4.43. The number of piperidine rings is 1. The topological polar surface area (TPSA) is 74.8 Å². The minimum atomic E-state index is -0.120. The third-order valence-corrected chi connectivity index (χ3v) is 6.74. The SMILES string of the molecule is O=C1CO[C@H]2CCN(C(=O)N3CC(c4ccc(-c5ccc(Cl)cc5Cl)cn4)C3)CC2N1. The van der Waals surface area contributed by atoms with Gasteiger partial charge in [-0.25, -0.2) is 4.79 Å². The van der Waals surface area contributed by atoms with Crippen molar-refractivity contribution >= 4 is 35.1 Å². The summed E-state index contributed by atoms with van der Waals surface area (Å²) in [5.74, 6) is 0.0999. The molecule has 3 aliphatic heterocycles. The molecular formula is C22H22Cl2N4O3. The van der Waals surface area contributed by atoms with E-state index < -0.39 is 0 Å². The van der Waals surface area contributed by atoms with E-state index in [1.165, 1.54) is 0 Å². The lowest BCUT2D eigenvalue weighted by Crippen LogP contribution is -2.63. The molecular weight excluding hydrogens is 439 g/mol. The van der Waals surface area contributed by atoms with Crippen molar-refractivity contribution in [2.24, 2.45) is 0 Å². The van der Waals surface area contributed by atoms with E-state index in [1.54, 1.807) is 12.1 Å². The summed E-state index contributed by atoms with van der Waals surface area (Å²) in [7, 11) is 0. The standard InChI is InChI=1S/C22H22Cl2N4O3/c23-15-2-3-16(17(24)7-15)13-1-4-18(25-8-13)14-9-28(10-14)22(30)27-6-5-20-19(11-27)26-21(29)12-31-20/h1-4,7-8,14,19-20H,5-6,9-12H2,(H,26,29)/t19?,20-/m0/s1. The van der Waals surface area contributed by atoms with Gasteiger partial charge in [-0.15, -0.1) is 0 Å². The molecule has 0 radical (unpaired) electrons. The number of pyridine rings is 1. The van der Waals surface area contributed by atoms with Gasteiger partial charge in [0.05, 0.1) is 12.1 Å². The molecule has 3 amide bonds. The van der Waals surface area contributed by atoms with E-state index in [-0.39, 0.29) is 36.6 Å². The minimum absolute atomic E-state index is 0.00254. The van der Waals surface area contributed by atoms with Crippen molar-refractivity contribution in [1.82, 2.24) is 20.1 Å². The van der Waals surface area contributed by atoms with Crippen molar-refractivity contribution < 1.29 is 14.3 Å². The zero-order valence-electron chi connectivity index (χ0n) is 16.8. The first-order valence-electron chi connectivity index (χ1n) is 10.3. The summed E-state index contributed by atoms with van der Waals surface area (Å²) in [5.41, 5.74) is 2.78. The second kappa shape index (κ2) is 8.30. The lowest BCUT2D eigenvalue weighted by Gasteiger charge is -2.46. The maximum Gasteiger partial charge on any atom is 0.320 e. The Hall–Kier alpha value is -2.35. The molecule has 0 bridgehead atoms. The molecule has 31 heavy (non-hydrogen) atoms. The van der Waals surface area contributed by atoms with Crippen molar-refractivity contribution in [3.05, 3.63) is 52.3 Å². The van der Waals surface area contributed by atoms with Crippen LogP contribution in [0.15, 0.2) is 36.5 Å². The Morgan fingerprint density at radius 3 is 2.71 bits per heavy atom. The molecule has 2 atom stereocenters. The van der Waals surface area contributed by atoms with Gasteiger partial charge in [-0.1, -0.05) is 35.3 Å². The predicted molar refractivity (Wildman–Crippen MR) is 117 cm³/mol. The van der Waals surface area contributed by atoms with E-state index in [9.17, 15) is 9.59 Å². The maximum atomic E-state index is 12.9. The van der Waals surface area contributed by atoms with Crippen LogP contribution < -0.4 is 5.32 Å². The fourth-order valence-corrected chi connectivity index (χ4v) is 4.94. The summed E-state index contributed by atoms with van der Waals surface area (Å²) in [5, 5.41) is 4.12. The molecule has 7 nitrogen and oxygen atoms in total. The van der Waals surface area contributed by atoms with Gasteiger partial charge in [0.1, 0.15) is 6.61 Å². The number of hydrogen-bond donors (Lipinski definition) is 1. The Morgan fingerprint density at radius 2 is 1.97 bits per heavy atom. The number of amides is 3. The van der Waals surface area contributed by atoms with E-state index in [4.69, 9.17) is 27.9 Å². The molecule has 2 aromatic rings. The van der Waals surface area contributed by atoms with Crippen molar-refractivity contribution in [2.45, 2.75) is 24.5 Å². The normalized spacial score (nSPS) is 23.7. The maximum absolute atomic E-state index is 12.9. The minimum Gasteiger partial charge on any atom is -0.366 e. The van der Waals surface area contributed by atoms with Gasteiger partial charge in [-0.2, -0.15) is 0 Å². The van der Waals surface area contributed by atoms with Crippen LogP contribution in [0.2, 0.25) is 10.0 Å². The van der Waals surface area contributed by atoms with E-state index in [2.05, 4.69) is 10.3 Å². The molecule has 1 N–H and O–H groups in total. The van der Waals surface area contributed by atoms with Crippen LogP contribution in [0.3, 0.4) is 0 Å². The van der Waals surface area contributed by atoms with Crippen molar-refractivity contribution in [1.29, 1.82) is 0 Å². The number of fused-ring (bicyclic) bond motifs is 1. The number of carbonyl (C=O) groups is 2. The zero-order valence-corrected chi connectivity index (χ0v) is 18.3. The molecule has 0 aliphatic carbocycles. The van der Waals surface area contributed by atoms with Crippen LogP contribution in [0.25, 0.3) is 11.1 Å². The van der Waals surface area contributed by atoms with Gasteiger partial charge in [0, 0.05) is 65.2 Å². The molecule has 5 rings (SSSR count). The van der Waals surface area contributed by atoms with Crippen molar-refractivity contribution in [2.75, 3.05) is 32.8 Å². The number of rotatable bonds is 2. The second-order valence-corrected chi connectivity index (χ2v) is 9.08. The molecule has 0 spiro atoms. The van der Waals surface area contributed by atoms with Gasteiger partial charge in [0.15, 0.2) is 0 Å². The molecule has 3 aliphatic rings. The number of nitrogens with one attached hydrogen (secondary N) is 1. The first-order chi connectivity index (χ1) is 15.0. The number of morpholine rings is 1. The number of ether oxygens (including phenoxy) is 1. The van der Waals surface area contributed by atoms with Crippen LogP contribution in [-0.2, 0) is 9.53 Å². The molecule has 1 unspecified atom stereocenters. The average molecular weight is 461 g/mol. The first kappa shape index (κ1) is 20.5. The van der Waals surface area contributed by atoms with Crippen LogP contribution >= 0.6 is 23.2 Å². The molecule has 3 fully saturated rings. The summed E-state index contributed by atoms with van der Waals surface area (Å²) in [4.78, 5) is 32.7. The van der Waals surface area contributed by atoms with Gasteiger partial charge in [-0.05, 0) is 24.6 Å². The largest absolute Gasteiger partial charge is 0.366 e. The van der Waals surface area contributed by atoms with Crippen LogP contribution in [0.5, 0.6) is 0 Å². The molecule has 3 saturated heterocycles. The van der Waals surface area contributed by atoms with Crippen molar-refractivity contribution in [3.8, 4) is 11.1 Å². The molecule has 162 valence electrons. The molecule has 1 aromatic carbocycles. The summed E-state index contributed by atoms with van der Waals surface area (Å²) < 4.78 is 5.57. The van der Waals surface area contributed by atoms with Crippen LogP contribution in [0.4, 0.5) is 4.79 Å². The summed E-state index contributed by atoms with van der Waals surface area (Å²) in [6.45, 7) is 2.52. The Labute approximate surface area is 190 Å². The number of likely N-dealkylation sites (tertiary alicyclic amines) is 2. The first-order valence-corrected chi connectivity index (χ1v) is 11.1. The van der Waals surface area contributed by atoms with E-state index in [1.807, 2.05) is 34.2 Å². The Balaban J connectivity index is 1.18. The lowest BCUT2D eigenvalue weighted by molar-refractivity contribution is -0.139. The average Bonchev–Trinajstić information content (AvgIpc) is 2.73. The van der Waals surface area contributed by atoms with Crippen LogP contribution in [0.1, 0.15) is 18.0 Å². The Bertz CT molecular complexity index is 1010. The number of carbonyl (C=O) groups excluding carboxylic acids is 2. The number of benzene rings is 1. The van der Waals surface area contributed by atoms with Crippen molar-refractivity contribution in [3.63, 3.8) is 0 Å². The summed E-state index contributed by atoms with van der Waals surface area (Å²) in [6.07, 6.45) is 2.55. The monoisotopic (exact) mass is 460 g/mol. The number of halogens is 2. The number of nitrogens with zero attached hydrogens (tertiary/aromatic N) is 3. The highest BCUT2D eigenvalue weighted by Gasteiger charge is 2.40. The zero-order chi connectivity index (χ0) is 21.5. The quantitative estimate of drug-likeness (QED) is 0.746. The van der Waals surface area contributed by atoms with E-state index in [0.717, 1.165) is 23.2 Å². The number of urea groups is 1. The Kier molecular flexibility index (Phi) is 5.50. The van der Waals surface area contributed by atoms with Gasteiger partial charge in [0.25, 0.3) is 0 Å². The van der Waals surface area contributed by atoms with Gasteiger partial charge >= 0.3 is 6.03 Å². The van der Waals surface area contributed by atoms with Gasteiger partial charge < -0.3 is 19.9 Å². The number of aromatic nitrogens is 1. The smallest absolute Gasteiger partial charge is 0.320 e. The van der Waals surface area contributed by atoms with Crippen LogP contribution in [-0.4, -0.2) is 71.7 Å². The Morgan fingerprint density at radius 1 is 1.13 bits per heavy atom. The highest BCUT2D eigenvalue weighted by Crippen LogP contribution is 2.32. The highest BCUT2D eigenvalue weighted by atomic mass is 35.5. The lowest BCUT2D eigenvalue weighted by atomic mass is 9.94. The highest BCUT2D eigenvalue weighted by molar-refractivity contribution is 6.36. The third kappa shape index (κ3) is 4.10. The third-order valence-electron chi connectivity index (χ3n) is 6.19. The summed E-state index contributed by atoms with van der Waals surface area (Å²) in [6, 6.07) is 9.29. The molecule has 9 heteroatoms. The van der Waals surface area contributed by atoms with Crippen LogP contribution in [0, 0.1) is 0 Å². The van der Waals surface area contributed by atoms with E-state index >= 15 is 0 Å². The summed E-state index contributed by atoms with van der Waals surface area (Å²) >= 11 is 12.3. The predicted octanol–water partition coefficient (Wildman–Crippen LogP) is 3.16. The van der Waals surface area contributed by atoms with E-state index in [0.29, 0.717) is 36.2 Å². The van der Waals surface area contributed by atoms with Gasteiger partial charge in [-0.3, -0.25) is 9.78 Å². The molecule has 0 saturated carbocycles. The molecule has 1 aromatic heterocycles. The second-order valence-electron chi connectivity index (χ2n) is 8.24.